The first-order valence-corrected chi connectivity index (χ1v) is 6.86. The summed E-state index contributed by atoms with van der Waals surface area (Å²) in [6.07, 6.45) is 6.91. The van der Waals surface area contributed by atoms with Gasteiger partial charge in [0.05, 0.1) is 10.9 Å². The van der Waals surface area contributed by atoms with Crippen molar-refractivity contribution in [3.8, 4) is 0 Å². The number of nitrogens with one attached hydrogen (secondary N) is 1. The highest BCUT2D eigenvalue weighted by molar-refractivity contribution is 5.89. The fourth-order valence-corrected chi connectivity index (χ4v) is 2.25. The van der Waals surface area contributed by atoms with Gasteiger partial charge in [-0.1, -0.05) is 6.07 Å². The van der Waals surface area contributed by atoms with Gasteiger partial charge in [-0.15, -0.1) is 0 Å². The summed E-state index contributed by atoms with van der Waals surface area (Å²) in [6.45, 7) is 0.725. The number of benzene rings is 1. The number of aromatic nitrogens is 3. The van der Waals surface area contributed by atoms with Gasteiger partial charge in [0.15, 0.2) is 0 Å². The van der Waals surface area contributed by atoms with Gasteiger partial charge in [0.25, 0.3) is 0 Å². The molecule has 0 saturated heterocycles. The number of pyridine rings is 1. The lowest BCUT2D eigenvalue weighted by atomic mass is 10.1. The zero-order chi connectivity index (χ0) is 14.5. The third kappa shape index (κ3) is 3.13. The lowest BCUT2D eigenvalue weighted by Crippen LogP contribution is -2.06. The molecule has 0 unspecified atom stereocenters. The normalized spacial score (nSPS) is 10.7. The molecule has 0 spiro atoms. The molecule has 0 aliphatic rings. The van der Waals surface area contributed by atoms with Gasteiger partial charge in [-0.3, -0.25) is 4.98 Å². The van der Waals surface area contributed by atoms with Crippen LogP contribution in [0.5, 0.6) is 0 Å². The standard InChI is InChI=1S/C16H15FN4/c17-13-4-1-5-14-15(13)16(21-11-20-14)19-8-2-3-12-6-9-18-10-7-12/h1,4-7,9-11H,2-3,8H2,(H,19,20,21). The summed E-state index contributed by atoms with van der Waals surface area (Å²) in [6, 6.07) is 8.85. The van der Waals surface area contributed by atoms with Crippen molar-refractivity contribution in [2.75, 3.05) is 11.9 Å². The van der Waals surface area contributed by atoms with Gasteiger partial charge < -0.3 is 5.32 Å². The highest BCUT2D eigenvalue weighted by atomic mass is 19.1. The van der Waals surface area contributed by atoms with Gasteiger partial charge in [0.2, 0.25) is 0 Å². The van der Waals surface area contributed by atoms with Gasteiger partial charge >= 0.3 is 0 Å². The van der Waals surface area contributed by atoms with Gasteiger partial charge in [0, 0.05) is 18.9 Å². The van der Waals surface area contributed by atoms with Crippen LogP contribution >= 0.6 is 0 Å². The van der Waals surface area contributed by atoms with E-state index in [1.54, 1.807) is 24.5 Å². The van der Waals surface area contributed by atoms with Crippen LogP contribution in [-0.4, -0.2) is 21.5 Å². The lowest BCUT2D eigenvalue weighted by molar-refractivity contribution is 0.639. The molecule has 106 valence electrons. The first-order valence-electron chi connectivity index (χ1n) is 6.86. The molecule has 1 N–H and O–H groups in total. The predicted molar refractivity (Wildman–Crippen MR) is 80.5 cm³/mol. The zero-order valence-corrected chi connectivity index (χ0v) is 11.5. The Morgan fingerprint density at radius 1 is 1.05 bits per heavy atom. The molecule has 2 aromatic heterocycles. The van der Waals surface area contributed by atoms with E-state index in [0.717, 1.165) is 19.4 Å². The van der Waals surface area contributed by atoms with Crippen molar-refractivity contribution in [3.05, 3.63) is 60.4 Å². The van der Waals surface area contributed by atoms with Crippen LogP contribution in [0, 0.1) is 5.82 Å². The van der Waals surface area contributed by atoms with Crippen LogP contribution in [-0.2, 0) is 6.42 Å². The van der Waals surface area contributed by atoms with Crippen LogP contribution in [0.2, 0.25) is 0 Å². The van der Waals surface area contributed by atoms with Crippen LogP contribution < -0.4 is 5.32 Å². The van der Waals surface area contributed by atoms with E-state index >= 15 is 0 Å². The highest BCUT2D eigenvalue weighted by Gasteiger charge is 2.07. The number of rotatable bonds is 5. The minimum absolute atomic E-state index is 0.301. The van der Waals surface area contributed by atoms with Crippen LogP contribution in [0.1, 0.15) is 12.0 Å². The van der Waals surface area contributed by atoms with Crippen molar-refractivity contribution in [2.45, 2.75) is 12.8 Å². The average Bonchev–Trinajstić information content (AvgIpc) is 2.53. The summed E-state index contributed by atoms with van der Waals surface area (Å²) in [5.74, 6) is 0.248. The quantitative estimate of drug-likeness (QED) is 0.730. The molecule has 0 amide bonds. The largest absolute Gasteiger partial charge is 0.369 e. The molecular weight excluding hydrogens is 267 g/mol. The molecular formula is C16H15FN4. The highest BCUT2D eigenvalue weighted by Crippen LogP contribution is 2.22. The van der Waals surface area contributed by atoms with E-state index in [1.807, 2.05) is 12.1 Å². The Morgan fingerprint density at radius 2 is 1.90 bits per heavy atom. The van der Waals surface area contributed by atoms with E-state index in [-0.39, 0.29) is 5.82 Å². The number of fused-ring (bicyclic) bond motifs is 1. The Hall–Kier alpha value is -2.56. The number of nitrogens with zero attached hydrogens (tertiary/aromatic N) is 3. The van der Waals surface area contributed by atoms with Gasteiger partial charge in [-0.2, -0.15) is 0 Å². The molecule has 2 heterocycles. The Kier molecular flexibility index (Phi) is 4.00. The van der Waals surface area contributed by atoms with Crippen molar-refractivity contribution >= 4 is 16.7 Å². The molecule has 0 atom stereocenters. The molecule has 0 fully saturated rings. The van der Waals surface area contributed by atoms with Crippen molar-refractivity contribution in [3.63, 3.8) is 0 Å². The fraction of sp³-hybridized carbons (Fsp3) is 0.188. The fourth-order valence-electron chi connectivity index (χ4n) is 2.25. The third-order valence-corrected chi connectivity index (χ3v) is 3.30. The molecule has 4 nitrogen and oxygen atoms in total. The topological polar surface area (TPSA) is 50.7 Å². The molecule has 1 aromatic carbocycles. The van der Waals surface area contributed by atoms with E-state index in [1.165, 1.54) is 18.0 Å². The summed E-state index contributed by atoms with van der Waals surface area (Å²) >= 11 is 0. The van der Waals surface area contributed by atoms with E-state index < -0.39 is 0 Å². The number of anilines is 1. The predicted octanol–water partition coefficient (Wildman–Crippen LogP) is 3.21. The lowest BCUT2D eigenvalue weighted by Gasteiger charge is -2.08. The molecule has 0 saturated carbocycles. The van der Waals surface area contributed by atoms with E-state index in [9.17, 15) is 4.39 Å². The van der Waals surface area contributed by atoms with Crippen molar-refractivity contribution < 1.29 is 4.39 Å². The van der Waals surface area contributed by atoms with Gasteiger partial charge in [-0.05, 0) is 42.7 Å². The molecule has 0 bridgehead atoms. The first kappa shape index (κ1) is 13.4. The minimum Gasteiger partial charge on any atom is -0.369 e. The maximum absolute atomic E-state index is 13.9. The summed E-state index contributed by atoms with van der Waals surface area (Å²) in [5, 5.41) is 3.64. The summed E-state index contributed by atoms with van der Waals surface area (Å²) in [4.78, 5) is 12.2. The molecule has 5 heteroatoms. The monoisotopic (exact) mass is 282 g/mol. The smallest absolute Gasteiger partial charge is 0.140 e. The van der Waals surface area contributed by atoms with Crippen LogP contribution in [0.15, 0.2) is 49.1 Å². The summed E-state index contributed by atoms with van der Waals surface area (Å²) in [7, 11) is 0. The number of aryl methyl sites for hydroxylation is 1. The van der Waals surface area contributed by atoms with Crippen LogP contribution in [0.3, 0.4) is 0 Å². The van der Waals surface area contributed by atoms with Crippen molar-refractivity contribution in [2.24, 2.45) is 0 Å². The molecule has 3 aromatic rings. The van der Waals surface area contributed by atoms with Crippen LogP contribution in [0.4, 0.5) is 10.2 Å². The van der Waals surface area contributed by atoms with E-state index in [2.05, 4.69) is 20.3 Å². The molecule has 21 heavy (non-hydrogen) atoms. The van der Waals surface area contributed by atoms with E-state index in [4.69, 9.17) is 0 Å². The molecule has 3 rings (SSSR count). The SMILES string of the molecule is Fc1cccc2ncnc(NCCCc3ccncc3)c12. The zero-order valence-electron chi connectivity index (χ0n) is 11.5. The number of halogens is 1. The second-order valence-electron chi connectivity index (χ2n) is 4.74. The Labute approximate surface area is 122 Å². The third-order valence-electron chi connectivity index (χ3n) is 3.30. The summed E-state index contributed by atoms with van der Waals surface area (Å²) < 4.78 is 13.9. The van der Waals surface area contributed by atoms with Crippen molar-refractivity contribution in [1.29, 1.82) is 0 Å². The maximum Gasteiger partial charge on any atom is 0.140 e. The van der Waals surface area contributed by atoms with E-state index in [0.29, 0.717) is 16.7 Å². The Bertz CT molecular complexity index is 725. The average molecular weight is 282 g/mol. The maximum atomic E-state index is 13.9. The Balaban J connectivity index is 1.66. The second kappa shape index (κ2) is 6.26. The molecule has 0 aliphatic heterocycles. The first-order chi connectivity index (χ1) is 10.3. The Morgan fingerprint density at radius 3 is 2.76 bits per heavy atom. The van der Waals surface area contributed by atoms with Crippen LogP contribution in [0.25, 0.3) is 10.9 Å². The van der Waals surface area contributed by atoms with Gasteiger partial charge in [0.1, 0.15) is 18.0 Å². The van der Waals surface area contributed by atoms with Gasteiger partial charge in [-0.25, -0.2) is 14.4 Å². The molecule has 0 aliphatic carbocycles. The molecule has 0 radical (unpaired) electrons. The number of hydrogen-bond acceptors (Lipinski definition) is 4. The number of hydrogen-bond donors (Lipinski definition) is 1. The summed E-state index contributed by atoms with van der Waals surface area (Å²) in [5.41, 5.74) is 1.85. The minimum atomic E-state index is -0.301. The second-order valence-corrected chi connectivity index (χ2v) is 4.74. The van der Waals surface area contributed by atoms with Crippen molar-refractivity contribution in [1.82, 2.24) is 15.0 Å².